The molecule has 2 aromatic heterocycles. The lowest BCUT2D eigenvalue weighted by Gasteiger charge is -2.13. The van der Waals surface area contributed by atoms with Crippen molar-refractivity contribution in [2.45, 2.75) is 45.4 Å². The smallest absolute Gasteiger partial charge is 0.332 e. The van der Waals surface area contributed by atoms with E-state index in [1.54, 1.807) is 25.0 Å². The van der Waals surface area contributed by atoms with Crippen molar-refractivity contribution in [3.8, 4) is 0 Å². The Morgan fingerprint density at radius 3 is 2.59 bits per heavy atom. The highest BCUT2D eigenvalue weighted by atomic mass is 16.5. The first-order valence-corrected chi connectivity index (χ1v) is 9.25. The van der Waals surface area contributed by atoms with Crippen molar-refractivity contribution in [1.82, 2.24) is 18.7 Å². The number of nitrogens with zero attached hydrogens (tertiary/aromatic N) is 4. The summed E-state index contributed by atoms with van der Waals surface area (Å²) < 4.78 is 10.3. The number of unbranched alkanes of at least 4 members (excludes halogenated alkanes) is 1. The molecule has 3 rings (SSSR count). The Kier molecular flexibility index (Phi) is 5.91. The molecule has 27 heavy (non-hydrogen) atoms. The summed E-state index contributed by atoms with van der Waals surface area (Å²) in [6.45, 7) is 3.05. The van der Waals surface area contributed by atoms with Gasteiger partial charge in [-0.3, -0.25) is 13.9 Å². The quantitative estimate of drug-likeness (QED) is 0.570. The summed E-state index contributed by atoms with van der Waals surface area (Å²) in [7, 11) is 3.41. The van der Waals surface area contributed by atoms with Gasteiger partial charge in [0.2, 0.25) is 0 Å². The van der Waals surface area contributed by atoms with Gasteiger partial charge in [0.05, 0.1) is 19.0 Å². The predicted octanol–water partition coefficient (Wildman–Crippen LogP) is 2.21. The topological polar surface area (TPSA) is 71.0 Å². The first-order valence-electron chi connectivity index (χ1n) is 9.25. The van der Waals surface area contributed by atoms with E-state index in [0.29, 0.717) is 24.3 Å². The predicted molar refractivity (Wildman–Crippen MR) is 105 cm³/mol. The van der Waals surface area contributed by atoms with E-state index in [-0.39, 0.29) is 17.4 Å². The first-order chi connectivity index (χ1) is 13.0. The Balaban J connectivity index is 1.55. The number of hydrogen-bond donors (Lipinski definition) is 0. The van der Waals surface area contributed by atoms with Crippen LogP contribution in [0.1, 0.15) is 31.7 Å². The highest BCUT2D eigenvalue weighted by Gasteiger charge is 2.14. The van der Waals surface area contributed by atoms with Gasteiger partial charge >= 0.3 is 5.69 Å². The molecule has 0 saturated carbocycles. The van der Waals surface area contributed by atoms with Gasteiger partial charge in [0.25, 0.3) is 5.56 Å². The van der Waals surface area contributed by atoms with Gasteiger partial charge in [-0.2, -0.15) is 0 Å². The van der Waals surface area contributed by atoms with Crippen molar-refractivity contribution in [3.05, 3.63) is 63.1 Å². The second-order valence-electron chi connectivity index (χ2n) is 6.93. The van der Waals surface area contributed by atoms with Crippen LogP contribution in [-0.4, -0.2) is 24.8 Å². The molecule has 0 aliphatic heterocycles. The van der Waals surface area contributed by atoms with Gasteiger partial charge in [-0.1, -0.05) is 30.3 Å². The average Bonchev–Trinajstić information content (AvgIpc) is 3.06. The van der Waals surface area contributed by atoms with Crippen LogP contribution >= 0.6 is 0 Å². The van der Waals surface area contributed by atoms with Gasteiger partial charge < -0.3 is 9.30 Å². The molecule has 0 N–H and O–H groups in total. The largest absolute Gasteiger partial charge is 0.374 e. The Hall–Kier alpha value is -2.67. The molecule has 0 spiro atoms. The monoisotopic (exact) mass is 370 g/mol. The molecule has 0 saturated heterocycles. The second-order valence-corrected chi connectivity index (χ2v) is 6.93. The molecule has 144 valence electrons. The van der Waals surface area contributed by atoms with Crippen LogP contribution < -0.4 is 11.2 Å². The van der Waals surface area contributed by atoms with E-state index in [9.17, 15) is 9.59 Å². The minimum atomic E-state index is -0.320. The molecule has 0 aliphatic rings. The van der Waals surface area contributed by atoms with Gasteiger partial charge in [-0.05, 0) is 31.7 Å². The van der Waals surface area contributed by atoms with Crippen LogP contribution in [0.15, 0.2) is 46.2 Å². The summed E-state index contributed by atoms with van der Waals surface area (Å²) in [4.78, 5) is 29.2. The number of fused-ring (bicyclic) bond motifs is 1. The second kappa shape index (κ2) is 8.35. The lowest BCUT2D eigenvalue weighted by atomic mass is 10.1. The Morgan fingerprint density at radius 1 is 1.11 bits per heavy atom. The molecule has 2 heterocycles. The van der Waals surface area contributed by atoms with Crippen LogP contribution in [0.3, 0.4) is 0 Å². The Morgan fingerprint density at radius 2 is 1.85 bits per heavy atom. The van der Waals surface area contributed by atoms with Crippen LogP contribution in [0.5, 0.6) is 0 Å². The zero-order chi connectivity index (χ0) is 19.4. The Labute approximate surface area is 157 Å². The lowest BCUT2D eigenvalue weighted by Crippen LogP contribution is -2.39. The molecular weight excluding hydrogens is 344 g/mol. The minimum Gasteiger partial charge on any atom is -0.374 e. The van der Waals surface area contributed by atoms with Crippen LogP contribution in [0.4, 0.5) is 0 Å². The molecule has 7 heteroatoms. The van der Waals surface area contributed by atoms with Crippen LogP contribution in [0.2, 0.25) is 0 Å². The van der Waals surface area contributed by atoms with Crippen LogP contribution in [0, 0.1) is 0 Å². The normalized spacial score (nSPS) is 12.6. The van der Waals surface area contributed by atoms with Crippen molar-refractivity contribution in [3.63, 3.8) is 0 Å². The van der Waals surface area contributed by atoms with E-state index < -0.39 is 0 Å². The third-order valence-corrected chi connectivity index (χ3v) is 4.82. The molecule has 0 amide bonds. The fraction of sp³-hybridized carbons (Fsp3) is 0.450. The highest BCUT2D eigenvalue weighted by molar-refractivity contribution is 5.69. The number of ether oxygens (including phenoxy) is 1. The zero-order valence-corrected chi connectivity index (χ0v) is 16.1. The third kappa shape index (κ3) is 4.19. The molecule has 3 aromatic rings. The third-order valence-electron chi connectivity index (χ3n) is 4.82. The van der Waals surface area contributed by atoms with Gasteiger partial charge in [0.1, 0.15) is 0 Å². The van der Waals surface area contributed by atoms with Gasteiger partial charge in [-0.25, -0.2) is 9.78 Å². The summed E-state index contributed by atoms with van der Waals surface area (Å²) >= 11 is 0. The fourth-order valence-corrected chi connectivity index (χ4v) is 3.19. The van der Waals surface area contributed by atoms with Gasteiger partial charge in [0, 0.05) is 20.6 Å². The van der Waals surface area contributed by atoms with E-state index in [0.717, 1.165) is 24.8 Å². The van der Waals surface area contributed by atoms with Crippen molar-refractivity contribution in [1.29, 1.82) is 0 Å². The minimum absolute atomic E-state index is 0.129. The average molecular weight is 370 g/mol. The summed E-state index contributed by atoms with van der Waals surface area (Å²) in [6.07, 6.45) is 4.20. The summed E-state index contributed by atoms with van der Waals surface area (Å²) in [5.74, 6) is 0. The van der Waals surface area contributed by atoms with E-state index in [1.807, 2.05) is 30.3 Å². The highest BCUT2D eigenvalue weighted by Crippen LogP contribution is 2.09. The standard InChI is InChI=1S/C20H26N4O3/c1-15(27-13-16-10-5-4-6-11-16)9-7-8-12-24-19(25)17-18(21-14-22(17)2)23(3)20(24)26/h4-6,10-11,14-15H,7-9,12-13H2,1-3H3. The molecular formula is C20H26N4O3. The summed E-state index contributed by atoms with van der Waals surface area (Å²) in [5.41, 5.74) is 1.44. The van der Waals surface area contributed by atoms with Gasteiger partial charge in [0.15, 0.2) is 11.2 Å². The zero-order valence-electron chi connectivity index (χ0n) is 16.1. The SMILES string of the molecule is CC(CCCCn1c(=O)c2c(ncn2C)n(C)c1=O)OCc1ccccc1. The molecule has 7 nitrogen and oxygen atoms in total. The molecule has 0 radical (unpaired) electrons. The van der Waals surface area contributed by atoms with E-state index in [2.05, 4.69) is 11.9 Å². The van der Waals surface area contributed by atoms with Crippen LogP contribution in [0.25, 0.3) is 11.2 Å². The number of hydrogen-bond acceptors (Lipinski definition) is 4. The summed E-state index contributed by atoms with van der Waals surface area (Å²) in [5, 5.41) is 0. The van der Waals surface area contributed by atoms with Crippen molar-refractivity contribution in [2.24, 2.45) is 14.1 Å². The van der Waals surface area contributed by atoms with Gasteiger partial charge in [-0.15, -0.1) is 0 Å². The number of rotatable bonds is 8. The van der Waals surface area contributed by atoms with E-state index in [1.165, 1.54) is 9.13 Å². The number of aryl methyl sites for hydroxylation is 2. The molecule has 1 unspecified atom stereocenters. The van der Waals surface area contributed by atoms with Crippen molar-refractivity contribution in [2.75, 3.05) is 0 Å². The molecule has 0 bridgehead atoms. The van der Waals surface area contributed by atoms with Crippen molar-refractivity contribution < 1.29 is 4.74 Å². The lowest BCUT2D eigenvalue weighted by molar-refractivity contribution is 0.0458. The molecule has 0 fully saturated rings. The number of imidazole rings is 1. The maximum Gasteiger partial charge on any atom is 0.332 e. The fourth-order valence-electron chi connectivity index (χ4n) is 3.19. The number of benzene rings is 1. The number of aromatic nitrogens is 4. The van der Waals surface area contributed by atoms with E-state index in [4.69, 9.17) is 4.74 Å². The maximum atomic E-state index is 12.6. The maximum absolute atomic E-state index is 12.6. The van der Waals surface area contributed by atoms with Crippen LogP contribution in [-0.2, 0) is 32.0 Å². The van der Waals surface area contributed by atoms with Crippen molar-refractivity contribution >= 4 is 11.2 Å². The molecule has 1 aromatic carbocycles. The molecule has 1 atom stereocenters. The Bertz CT molecular complexity index is 1020. The summed E-state index contributed by atoms with van der Waals surface area (Å²) in [6, 6.07) is 10.1. The van der Waals surface area contributed by atoms with E-state index >= 15 is 0 Å². The first kappa shape index (κ1) is 19.1. The molecule has 0 aliphatic carbocycles.